The van der Waals surface area contributed by atoms with Crippen LogP contribution in [0.2, 0.25) is 0 Å². The standard InChI is InChI=1S/C19H21N3O/c1-12-9-17(13-4-5-13)21-11-16(12)19(23)22-18(14-6-7-14)15-3-2-8-20-10-15/h2-3,8-11,13-14,18H,4-7H2,1H3,(H,22,23). The number of hydrogen-bond acceptors (Lipinski definition) is 3. The molecular weight excluding hydrogens is 286 g/mol. The van der Waals surface area contributed by atoms with Crippen molar-refractivity contribution in [2.45, 2.75) is 44.6 Å². The first kappa shape index (κ1) is 14.4. The van der Waals surface area contributed by atoms with Crippen molar-refractivity contribution >= 4 is 5.91 Å². The fourth-order valence-corrected chi connectivity index (χ4v) is 3.10. The van der Waals surface area contributed by atoms with Crippen molar-refractivity contribution in [1.29, 1.82) is 0 Å². The number of carbonyl (C=O) groups excluding carboxylic acids is 1. The summed E-state index contributed by atoms with van der Waals surface area (Å²) in [7, 11) is 0. The summed E-state index contributed by atoms with van der Waals surface area (Å²) in [4.78, 5) is 21.4. The lowest BCUT2D eigenvalue weighted by atomic mass is 10.0. The minimum atomic E-state index is -0.0295. The summed E-state index contributed by atoms with van der Waals surface area (Å²) in [5, 5.41) is 3.20. The molecule has 0 saturated heterocycles. The highest BCUT2D eigenvalue weighted by molar-refractivity contribution is 5.95. The van der Waals surface area contributed by atoms with Crippen LogP contribution in [0, 0.1) is 12.8 Å². The van der Waals surface area contributed by atoms with Crippen molar-refractivity contribution in [1.82, 2.24) is 15.3 Å². The first-order valence-corrected chi connectivity index (χ1v) is 8.39. The Bertz CT molecular complexity index is 721. The summed E-state index contributed by atoms with van der Waals surface area (Å²) in [6.07, 6.45) is 10.1. The Morgan fingerprint density at radius 3 is 2.70 bits per heavy atom. The highest BCUT2D eigenvalue weighted by atomic mass is 16.1. The van der Waals surface area contributed by atoms with Crippen LogP contribution in [0.25, 0.3) is 0 Å². The second kappa shape index (κ2) is 5.76. The van der Waals surface area contributed by atoms with Gasteiger partial charge in [0.2, 0.25) is 0 Å². The maximum Gasteiger partial charge on any atom is 0.253 e. The van der Waals surface area contributed by atoms with Crippen LogP contribution in [0.3, 0.4) is 0 Å². The second-order valence-corrected chi connectivity index (χ2v) is 6.77. The Morgan fingerprint density at radius 1 is 1.26 bits per heavy atom. The predicted octanol–water partition coefficient (Wildman–Crippen LogP) is 3.54. The molecule has 2 aliphatic rings. The number of rotatable bonds is 5. The van der Waals surface area contributed by atoms with Crippen molar-refractivity contribution in [2.24, 2.45) is 5.92 Å². The van der Waals surface area contributed by atoms with E-state index in [1.54, 1.807) is 12.4 Å². The second-order valence-electron chi connectivity index (χ2n) is 6.77. The maximum absolute atomic E-state index is 12.7. The van der Waals surface area contributed by atoms with Crippen LogP contribution < -0.4 is 5.32 Å². The van der Waals surface area contributed by atoms with E-state index in [1.165, 1.54) is 12.8 Å². The normalized spacial score (nSPS) is 18.5. The molecule has 2 aromatic heterocycles. The van der Waals surface area contributed by atoms with Gasteiger partial charge in [0.1, 0.15) is 0 Å². The quantitative estimate of drug-likeness (QED) is 0.919. The van der Waals surface area contributed by atoms with E-state index >= 15 is 0 Å². The molecule has 0 spiro atoms. The topological polar surface area (TPSA) is 54.9 Å². The van der Waals surface area contributed by atoms with Crippen molar-refractivity contribution in [3.63, 3.8) is 0 Å². The molecule has 1 atom stereocenters. The Hall–Kier alpha value is -2.23. The van der Waals surface area contributed by atoms with E-state index in [-0.39, 0.29) is 11.9 Å². The molecule has 1 unspecified atom stereocenters. The van der Waals surface area contributed by atoms with Gasteiger partial charge in [-0.15, -0.1) is 0 Å². The van der Waals surface area contributed by atoms with Gasteiger partial charge < -0.3 is 5.32 Å². The van der Waals surface area contributed by atoms with Crippen LogP contribution in [-0.2, 0) is 0 Å². The van der Waals surface area contributed by atoms with Gasteiger partial charge in [-0.2, -0.15) is 0 Å². The molecule has 2 aliphatic carbocycles. The van der Waals surface area contributed by atoms with Gasteiger partial charge in [-0.1, -0.05) is 6.07 Å². The molecule has 0 radical (unpaired) electrons. The molecule has 4 nitrogen and oxygen atoms in total. The van der Waals surface area contributed by atoms with Gasteiger partial charge >= 0.3 is 0 Å². The molecule has 4 heteroatoms. The molecule has 0 aromatic carbocycles. The average molecular weight is 307 g/mol. The van der Waals surface area contributed by atoms with Crippen LogP contribution in [0.1, 0.15) is 64.8 Å². The number of nitrogens with one attached hydrogen (secondary N) is 1. The predicted molar refractivity (Wildman–Crippen MR) is 88.1 cm³/mol. The molecule has 4 rings (SSSR count). The molecule has 0 bridgehead atoms. The minimum Gasteiger partial charge on any atom is -0.345 e. The largest absolute Gasteiger partial charge is 0.345 e. The van der Waals surface area contributed by atoms with Crippen LogP contribution in [0.4, 0.5) is 0 Å². The molecule has 2 aromatic rings. The van der Waals surface area contributed by atoms with E-state index in [0.717, 1.165) is 29.7 Å². The number of aryl methyl sites for hydroxylation is 1. The van der Waals surface area contributed by atoms with Crippen LogP contribution in [0.5, 0.6) is 0 Å². The zero-order valence-corrected chi connectivity index (χ0v) is 13.3. The third-order valence-corrected chi connectivity index (χ3v) is 4.80. The molecule has 2 heterocycles. The van der Waals surface area contributed by atoms with Crippen molar-refractivity contribution in [3.05, 3.63) is 59.2 Å². The lowest BCUT2D eigenvalue weighted by Gasteiger charge is -2.19. The molecular formula is C19H21N3O. The Balaban J connectivity index is 1.54. The van der Waals surface area contributed by atoms with Crippen molar-refractivity contribution in [3.8, 4) is 0 Å². The fraction of sp³-hybridized carbons (Fsp3) is 0.421. The molecule has 2 fully saturated rings. The van der Waals surface area contributed by atoms with E-state index in [2.05, 4.69) is 21.4 Å². The minimum absolute atomic E-state index is 0.0295. The third-order valence-electron chi connectivity index (χ3n) is 4.80. The van der Waals surface area contributed by atoms with E-state index in [4.69, 9.17) is 0 Å². The third kappa shape index (κ3) is 3.11. The molecule has 0 aliphatic heterocycles. The van der Waals surface area contributed by atoms with Crippen molar-refractivity contribution in [2.75, 3.05) is 0 Å². The summed E-state index contributed by atoms with van der Waals surface area (Å²) < 4.78 is 0. The van der Waals surface area contributed by atoms with E-state index in [1.807, 2.05) is 25.3 Å². The summed E-state index contributed by atoms with van der Waals surface area (Å²) in [6, 6.07) is 6.09. The van der Waals surface area contributed by atoms with Gasteiger partial charge in [-0.25, -0.2) is 0 Å². The lowest BCUT2D eigenvalue weighted by molar-refractivity contribution is 0.0930. The summed E-state index contributed by atoms with van der Waals surface area (Å²) in [5.74, 6) is 1.11. The number of hydrogen-bond donors (Lipinski definition) is 1. The average Bonchev–Trinajstić information content (AvgIpc) is 3.46. The lowest BCUT2D eigenvalue weighted by Crippen LogP contribution is -2.30. The van der Waals surface area contributed by atoms with Gasteiger partial charge in [-0.05, 0) is 61.8 Å². The number of pyridine rings is 2. The smallest absolute Gasteiger partial charge is 0.253 e. The van der Waals surface area contributed by atoms with Gasteiger partial charge in [0.05, 0.1) is 11.6 Å². The first-order valence-electron chi connectivity index (χ1n) is 8.39. The summed E-state index contributed by atoms with van der Waals surface area (Å²) in [5.41, 5.74) is 3.91. The highest BCUT2D eigenvalue weighted by Crippen LogP contribution is 2.41. The molecule has 2 saturated carbocycles. The molecule has 1 amide bonds. The Morgan fingerprint density at radius 2 is 2.09 bits per heavy atom. The fourth-order valence-electron chi connectivity index (χ4n) is 3.10. The van der Waals surface area contributed by atoms with E-state index < -0.39 is 0 Å². The van der Waals surface area contributed by atoms with Crippen molar-refractivity contribution < 1.29 is 4.79 Å². The SMILES string of the molecule is Cc1cc(C2CC2)ncc1C(=O)NC(c1cccnc1)C1CC1. The van der Waals surface area contributed by atoms with E-state index in [0.29, 0.717) is 17.4 Å². The monoisotopic (exact) mass is 307 g/mol. The summed E-state index contributed by atoms with van der Waals surface area (Å²) in [6.45, 7) is 2.00. The van der Waals surface area contributed by atoms with E-state index in [9.17, 15) is 4.79 Å². The zero-order valence-electron chi connectivity index (χ0n) is 13.3. The molecule has 1 N–H and O–H groups in total. The number of nitrogens with zero attached hydrogens (tertiary/aromatic N) is 2. The van der Waals surface area contributed by atoms with Crippen LogP contribution >= 0.6 is 0 Å². The van der Waals surface area contributed by atoms with Gasteiger partial charge in [0.25, 0.3) is 5.91 Å². The van der Waals surface area contributed by atoms with Gasteiger partial charge in [-0.3, -0.25) is 14.8 Å². The Kier molecular flexibility index (Phi) is 3.60. The number of carbonyl (C=O) groups is 1. The summed E-state index contributed by atoms with van der Waals surface area (Å²) >= 11 is 0. The number of aromatic nitrogens is 2. The van der Waals surface area contributed by atoms with Crippen LogP contribution in [0.15, 0.2) is 36.8 Å². The zero-order chi connectivity index (χ0) is 15.8. The van der Waals surface area contributed by atoms with Crippen LogP contribution in [-0.4, -0.2) is 15.9 Å². The molecule has 23 heavy (non-hydrogen) atoms. The number of amides is 1. The van der Waals surface area contributed by atoms with Gasteiger partial charge in [0, 0.05) is 30.2 Å². The maximum atomic E-state index is 12.7. The Labute approximate surface area is 136 Å². The highest BCUT2D eigenvalue weighted by Gasteiger charge is 2.34. The first-order chi connectivity index (χ1) is 11.2. The van der Waals surface area contributed by atoms with Gasteiger partial charge in [0.15, 0.2) is 0 Å². The molecule has 118 valence electrons.